The molecule has 0 aromatic heterocycles. The highest BCUT2D eigenvalue weighted by Crippen LogP contribution is 2.12. The molecule has 0 aliphatic carbocycles. The Bertz CT molecular complexity index is 596. The first kappa shape index (κ1) is 14.5. The number of nitrogens with one attached hydrogen (secondary N) is 1. The molecule has 2 rings (SSSR count). The van der Waals surface area contributed by atoms with Crippen molar-refractivity contribution in [3.8, 4) is 0 Å². The lowest BCUT2D eigenvalue weighted by Crippen LogP contribution is -2.30. The Morgan fingerprint density at radius 2 is 1.80 bits per heavy atom. The van der Waals surface area contributed by atoms with Crippen molar-refractivity contribution in [1.29, 1.82) is 0 Å². The van der Waals surface area contributed by atoms with Gasteiger partial charge in [0.2, 0.25) is 0 Å². The Morgan fingerprint density at radius 3 is 2.45 bits per heavy atom. The molecular formula is C16H17FN2S. The summed E-state index contributed by atoms with van der Waals surface area (Å²) in [4.78, 5) is 1.81. The number of aryl methyl sites for hydroxylation is 1. The first-order valence-corrected chi connectivity index (χ1v) is 6.79. The van der Waals surface area contributed by atoms with Gasteiger partial charge >= 0.3 is 0 Å². The zero-order valence-corrected chi connectivity index (χ0v) is 12.4. The van der Waals surface area contributed by atoms with Crippen LogP contribution in [-0.2, 0) is 6.54 Å². The number of nitrogens with zero attached hydrogens (tertiary/aromatic N) is 1. The predicted octanol–water partition coefficient (Wildman–Crippen LogP) is 3.96. The molecule has 20 heavy (non-hydrogen) atoms. The van der Waals surface area contributed by atoms with Crippen LogP contribution >= 0.6 is 12.2 Å². The van der Waals surface area contributed by atoms with Crippen molar-refractivity contribution < 1.29 is 4.39 Å². The number of benzene rings is 2. The largest absolute Gasteiger partial charge is 0.348 e. The third-order valence-corrected chi connectivity index (χ3v) is 3.43. The summed E-state index contributed by atoms with van der Waals surface area (Å²) in [5, 5.41) is 3.71. The highest BCUT2D eigenvalue weighted by Gasteiger charge is 2.08. The Kier molecular flexibility index (Phi) is 4.69. The fourth-order valence-corrected chi connectivity index (χ4v) is 1.99. The van der Waals surface area contributed by atoms with Crippen molar-refractivity contribution in [3.63, 3.8) is 0 Å². The molecule has 0 amide bonds. The number of thiocarbonyl (C=S) groups is 1. The van der Waals surface area contributed by atoms with Gasteiger partial charge < -0.3 is 10.2 Å². The lowest BCUT2D eigenvalue weighted by atomic mass is 10.2. The minimum absolute atomic E-state index is 0.211. The molecule has 4 heteroatoms. The molecule has 0 radical (unpaired) electrons. The smallest absolute Gasteiger partial charge is 0.173 e. The zero-order chi connectivity index (χ0) is 14.5. The monoisotopic (exact) mass is 288 g/mol. The topological polar surface area (TPSA) is 15.3 Å². The van der Waals surface area contributed by atoms with Gasteiger partial charge in [-0.25, -0.2) is 4.39 Å². The number of anilines is 1. The molecule has 0 aliphatic rings. The quantitative estimate of drug-likeness (QED) is 0.861. The van der Waals surface area contributed by atoms with Gasteiger partial charge in [-0.15, -0.1) is 0 Å². The summed E-state index contributed by atoms with van der Waals surface area (Å²) in [5.41, 5.74) is 2.75. The summed E-state index contributed by atoms with van der Waals surface area (Å²) in [6.07, 6.45) is 0. The van der Waals surface area contributed by atoms with Gasteiger partial charge in [0.05, 0.1) is 0 Å². The summed E-state index contributed by atoms with van der Waals surface area (Å²) >= 11 is 5.33. The third kappa shape index (κ3) is 3.78. The third-order valence-electron chi connectivity index (χ3n) is 3.01. The molecular weight excluding hydrogens is 271 g/mol. The molecule has 2 nitrogen and oxygen atoms in total. The van der Waals surface area contributed by atoms with Crippen molar-refractivity contribution in [2.45, 2.75) is 13.5 Å². The van der Waals surface area contributed by atoms with E-state index in [0.29, 0.717) is 17.2 Å². The molecule has 2 aromatic rings. The second kappa shape index (κ2) is 6.48. The minimum atomic E-state index is -0.211. The minimum Gasteiger partial charge on any atom is -0.348 e. The normalized spacial score (nSPS) is 10.2. The van der Waals surface area contributed by atoms with Gasteiger partial charge in [-0.1, -0.05) is 35.9 Å². The second-order valence-electron chi connectivity index (χ2n) is 4.74. The Morgan fingerprint density at radius 1 is 1.15 bits per heavy atom. The van der Waals surface area contributed by atoms with Crippen LogP contribution in [0.15, 0.2) is 48.5 Å². The predicted molar refractivity (Wildman–Crippen MR) is 85.3 cm³/mol. The van der Waals surface area contributed by atoms with Gasteiger partial charge in [0.15, 0.2) is 5.11 Å². The van der Waals surface area contributed by atoms with Crippen molar-refractivity contribution in [1.82, 2.24) is 4.90 Å². The lowest BCUT2D eigenvalue weighted by Gasteiger charge is -2.21. The highest BCUT2D eigenvalue weighted by molar-refractivity contribution is 7.80. The van der Waals surface area contributed by atoms with E-state index in [1.54, 1.807) is 12.1 Å². The van der Waals surface area contributed by atoms with E-state index in [-0.39, 0.29) is 5.82 Å². The summed E-state index contributed by atoms with van der Waals surface area (Å²) in [5.74, 6) is -0.211. The van der Waals surface area contributed by atoms with E-state index in [2.05, 4.69) is 5.32 Å². The average molecular weight is 288 g/mol. The van der Waals surface area contributed by atoms with Crippen molar-refractivity contribution >= 4 is 23.0 Å². The van der Waals surface area contributed by atoms with Gasteiger partial charge in [-0.3, -0.25) is 0 Å². The summed E-state index contributed by atoms with van der Waals surface area (Å²) in [7, 11) is 1.84. The molecule has 1 N–H and O–H groups in total. The first-order valence-electron chi connectivity index (χ1n) is 6.38. The molecule has 0 atom stereocenters. The van der Waals surface area contributed by atoms with Crippen LogP contribution in [0.5, 0.6) is 0 Å². The molecule has 0 saturated carbocycles. The van der Waals surface area contributed by atoms with E-state index in [9.17, 15) is 4.39 Å². The first-order chi connectivity index (χ1) is 9.56. The maximum absolute atomic E-state index is 13.6. The molecule has 0 bridgehead atoms. The van der Waals surface area contributed by atoms with Crippen molar-refractivity contribution in [3.05, 3.63) is 65.5 Å². The van der Waals surface area contributed by atoms with Gasteiger partial charge in [-0.05, 0) is 37.3 Å². The molecule has 0 saturated heterocycles. The van der Waals surface area contributed by atoms with Crippen LogP contribution < -0.4 is 5.32 Å². The van der Waals surface area contributed by atoms with E-state index < -0.39 is 0 Å². The van der Waals surface area contributed by atoms with Crippen molar-refractivity contribution in [2.75, 3.05) is 12.4 Å². The average Bonchev–Trinajstić information content (AvgIpc) is 2.44. The van der Waals surface area contributed by atoms with Crippen LogP contribution in [0.25, 0.3) is 0 Å². The molecule has 0 spiro atoms. The van der Waals surface area contributed by atoms with Gasteiger partial charge in [0, 0.05) is 24.8 Å². The highest BCUT2D eigenvalue weighted by atomic mass is 32.1. The Hall–Kier alpha value is -1.94. The maximum atomic E-state index is 13.6. The summed E-state index contributed by atoms with van der Waals surface area (Å²) < 4.78 is 13.6. The SMILES string of the molecule is Cc1ccc(NC(=S)N(C)Cc2ccccc2F)cc1. The van der Waals surface area contributed by atoms with E-state index >= 15 is 0 Å². The van der Waals surface area contributed by atoms with Crippen LogP contribution in [0.4, 0.5) is 10.1 Å². The molecule has 2 aromatic carbocycles. The molecule has 0 heterocycles. The van der Waals surface area contributed by atoms with Crippen LogP contribution in [0.3, 0.4) is 0 Å². The number of hydrogen-bond donors (Lipinski definition) is 1. The standard InChI is InChI=1S/C16H17FN2S/c1-12-7-9-14(10-8-12)18-16(20)19(2)11-13-5-3-4-6-15(13)17/h3-10H,11H2,1-2H3,(H,18,20). The molecule has 0 fully saturated rings. The van der Waals surface area contributed by atoms with Gasteiger partial charge in [0.1, 0.15) is 5.82 Å². The maximum Gasteiger partial charge on any atom is 0.173 e. The fourth-order valence-electron chi connectivity index (χ4n) is 1.81. The fraction of sp³-hybridized carbons (Fsp3) is 0.188. The zero-order valence-electron chi connectivity index (χ0n) is 11.6. The number of rotatable bonds is 3. The number of halogens is 1. The van der Waals surface area contributed by atoms with Gasteiger partial charge in [0.25, 0.3) is 0 Å². The molecule has 104 valence electrons. The Balaban J connectivity index is 1.99. The van der Waals surface area contributed by atoms with Crippen molar-refractivity contribution in [2.24, 2.45) is 0 Å². The second-order valence-corrected chi connectivity index (χ2v) is 5.13. The van der Waals surface area contributed by atoms with Crippen LogP contribution in [0, 0.1) is 12.7 Å². The molecule has 0 unspecified atom stereocenters. The summed E-state index contributed by atoms with van der Waals surface area (Å²) in [6.45, 7) is 2.47. The lowest BCUT2D eigenvalue weighted by molar-refractivity contribution is 0.486. The van der Waals surface area contributed by atoms with E-state index in [0.717, 1.165) is 5.69 Å². The summed E-state index contributed by atoms with van der Waals surface area (Å²) in [6, 6.07) is 14.7. The van der Waals surface area contributed by atoms with E-state index in [1.807, 2.05) is 49.2 Å². The van der Waals surface area contributed by atoms with Crippen LogP contribution in [-0.4, -0.2) is 17.1 Å². The number of hydrogen-bond acceptors (Lipinski definition) is 1. The van der Waals surface area contributed by atoms with Crippen LogP contribution in [0.2, 0.25) is 0 Å². The Labute approximate surface area is 124 Å². The van der Waals surface area contributed by atoms with Crippen LogP contribution in [0.1, 0.15) is 11.1 Å². The van der Waals surface area contributed by atoms with E-state index in [4.69, 9.17) is 12.2 Å². The van der Waals surface area contributed by atoms with Gasteiger partial charge in [-0.2, -0.15) is 0 Å². The molecule has 0 aliphatic heterocycles. The van der Waals surface area contributed by atoms with E-state index in [1.165, 1.54) is 11.6 Å².